The highest BCUT2D eigenvalue weighted by atomic mass is 19.1. The van der Waals surface area contributed by atoms with Crippen molar-refractivity contribution in [3.8, 4) is 0 Å². The maximum atomic E-state index is 13.1. The lowest BCUT2D eigenvalue weighted by atomic mass is 10.1. The maximum Gasteiger partial charge on any atom is 0.287 e. The van der Waals surface area contributed by atoms with Crippen LogP contribution >= 0.6 is 0 Å². The summed E-state index contributed by atoms with van der Waals surface area (Å²) in [5.41, 5.74) is 1.21. The van der Waals surface area contributed by atoms with E-state index in [4.69, 9.17) is 4.42 Å². The minimum absolute atomic E-state index is 0.249. The molecule has 2 aromatic rings. The predicted octanol–water partition coefficient (Wildman–Crippen LogP) is 3.02. The standard InChI is InChI=1S/C13H14FNO2/c1-3-6-15-13(16)12-8(2)10-7-9(14)4-5-11(10)17-12/h4-5,7H,3,6H2,1-2H3,(H,15,16). The summed E-state index contributed by atoms with van der Waals surface area (Å²) in [6, 6.07) is 4.23. The van der Waals surface area contributed by atoms with Crippen molar-refractivity contribution in [2.75, 3.05) is 6.54 Å². The third-order valence-electron chi connectivity index (χ3n) is 2.64. The molecular formula is C13H14FNO2. The van der Waals surface area contributed by atoms with Gasteiger partial charge in [-0.05, 0) is 31.5 Å². The maximum absolute atomic E-state index is 13.1. The molecule has 0 bridgehead atoms. The van der Waals surface area contributed by atoms with Gasteiger partial charge in [-0.1, -0.05) is 6.92 Å². The highest BCUT2D eigenvalue weighted by Crippen LogP contribution is 2.25. The van der Waals surface area contributed by atoms with E-state index in [9.17, 15) is 9.18 Å². The molecule has 0 aliphatic rings. The molecule has 17 heavy (non-hydrogen) atoms. The number of fused-ring (bicyclic) bond motifs is 1. The number of rotatable bonds is 3. The number of nitrogens with one attached hydrogen (secondary N) is 1. The quantitative estimate of drug-likeness (QED) is 0.888. The first kappa shape index (κ1) is 11.6. The average molecular weight is 235 g/mol. The normalized spacial score (nSPS) is 10.8. The van der Waals surface area contributed by atoms with Crippen molar-refractivity contribution in [1.82, 2.24) is 5.32 Å². The van der Waals surface area contributed by atoms with Gasteiger partial charge in [0.15, 0.2) is 5.76 Å². The predicted molar refractivity (Wildman–Crippen MR) is 63.5 cm³/mol. The van der Waals surface area contributed by atoms with Gasteiger partial charge in [0.25, 0.3) is 5.91 Å². The van der Waals surface area contributed by atoms with Crippen LogP contribution in [-0.2, 0) is 0 Å². The Kier molecular flexibility index (Phi) is 3.13. The van der Waals surface area contributed by atoms with Crippen molar-refractivity contribution in [1.29, 1.82) is 0 Å². The number of benzene rings is 1. The van der Waals surface area contributed by atoms with E-state index < -0.39 is 0 Å². The molecule has 1 aromatic heterocycles. The van der Waals surface area contributed by atoms with E-state index in [1.165, 1.54) is 18.2 Å². The first-order chi connectivity index (χ1) is 8.13. The fourth-order valence-electron chi connectivity index (χ4n) is 1.73. The molecular weight excluding hydrogens is 221 g/mol. The molecule has 2 rings (SSSR count). The molecule has 1 amide bonds. The van der Waals surface area contributed by atoms with E-state index in [1.807, 2.05) is 6.92 Å². The Hall–Kier alpha value is -1.84. The molecule has 0 unspecified atom stereocenters. The first-order valence-electron chi connectivity index (χ1n) is 5.60. The van der Waals surface area contributed by atoms with Crippen LogP contribution in [0.15, 0.2) is 22.6 Å². The lowest BCUT2D eigenvalue weighted by molar-refractivity contribution is 0.0927. The van der Waals surface area contributed by atoms with Gasteiger partial charge < -0.3 is 9.73 Å². The zero-order valence-corrected chi connectivity index (χ0v) is 9.84. The Balaban J connectivity index is 2.42. The van der Waals surface area contributed by atoms with E-state index in [-0.39, 0.29) is 17.5 Å². The summed E-state index contributed by atoms with van der Waals surface area (Å²) in [7, 11) is 0. The molecule has 0 fully saturated rings. The van der Waals surface area contributed by atoms with Crippen molar-refractivity contribution < 1.29 is 13.6 Å². The first-order valence-corrected chi connectivity index (χ1v) is 5.60. The van der Waals surface area contributed by atoms with Crippen molar-refractivity contribution in [3.63, 3.8) is 0 Å². The van der Waals surface area contributed by atoms with Crippen LogP contribution in [0.4, 0.5) is 4.39 Å². The van der Waals surface area contributed by atoms with Crippen LogP contribution in [0.5, 0.6) is 0 Å². The summed E-state index contributed by atoms with van der Waals surface area (Å²) < 4.78 is 18.5. The lowest BCUT2D eigenvalue weighted by Gasteiger charge is -2.00. The number of carbonyl (C=O) groups excluding carboxylic acids is 1. The van der Waals surface area contributed by atoms with E-state index in [1.54, 1.807) is 6.92 Å². The van der Waals surface area contributed by atoms with E-state index in [2.05, 4.69) is 5.32 Å². The Morgan fingerprint density at radius 1 is 1.47 bits per heavy atom. The van der Waals surface area contributed by atoms with Gasteiger partial charge in [0.1, 0.15) is 11.4 Å². The summed E-state index contributed by atoms with van der Waals surface area (Å²) in [6.07, 6.45) is 0.861. The van der Waals surface area contributed by atoms with Gasteiger partial charge in [0.05, 0.1) is 0 Å². The zero-order valence-electron chi connectivity index (χ0n) is 9.84. The number of furan rings is 1. The monoisotopic (exact) mass is 235 g/mol. The van der Waals surface area contributed by atoms with Gasteiger partial charge in [0, 0.05) is 17.5 Å². The van der Waals surface area contributed by atoms with Crippen molar-refractivity contribution >= 4 is 16.9 Å². The minimum Gasteiger partial charge on any atom is -0.451 e. The second kappa shape index (κ2) is 4.57. The van der Waals surface area contributed by atoms with E-state index >= 15 is 0 Å². The Bertz CT molecular complexity index is 560. The molecule has 0 saturated heterocycles. The molecule has 90 valence electrons. The van der Waals surface area contributed by atoms with Gasteiger partial charge >= 0.3 is 0 Å². The van der Waals surface area contributed by atoms with Crippen LogP contribution in [0.2, 0.25) is 0 Å². The minimum atomic E-state index is -0.332. The molecule has 1 heterocycles. The van der Waals surface area contributed by atoms with Crippen LogP contribution in [0, 0.1) is 12.7 Å². The number of carbonyl (C=O) groups is 1. The highest BCUT2D eigenvalue weighted by molar-refractivity contribution is 5.98. The molecule has 0 saturated carbocycles. The second-order valence-electron chi connectivity index (χ2n) is 3.95. The van der Waals surface area contributed by atoms with Crippen LogP contribution in [0.3, 0.4) is 0 Å². The lowest BCUT2D eigenvalue weighted by Crippen LogP contribution is -2.24. The molecule has 0 aliphatic carbocycles. The average Bonchev–Trinajstić information content (AvgIpc) is 2.64. The van der Waals surface area contributed by atoms with Gasteiger partial charge in [-0.25, -0.2) is 4.39 Å². The summed E-state index contributed by atoms with van der Waals surface area (Å²) in [4.78, 5) is 11.8. The molecule has 0 spiro atoms. The molecule has 1 aromatic carbocycles. The highest BCUT2D eigenvalue weighted by Gasteiger charge is 2.17. The third kappa shape index (κ3) is 2.16. The second-order valence-corrected chi connectivity index (χ2v) is 3.95. The number of halogens is 1. The van der Waals surface area contributed by atoms with Crippen LogP contribution in [0.1, 0.15) is 29.5 Å². The molecule has 1 N–H and O–H groups in total. The molecule has 0 radical (unpaired) electrons. The van der Waals surface area contributed by atoms with Crippen LogP contribution in [-0.4, -0.2) is 12.5 Å². The molecule has 4 heteroatoms. The summed E-state index contributed by atoms with van der Waals surface area (Å²) in [6.45, 7) is 4.33. The topological polar surface area (TPSA) is 42.2 Å². The molecule has 0 aliphatic heterocycles. The fraction of sp³-hybridized carbons (Fsp3) is 0.308. The van der Waals surface area contributed by atoms with Crippen molar-refractivity contribution in [3.05, 3.63) is 35.3 Å². The van der Waals surface area contributed by atoms with Crippen molar-refractivity contribution in [2.24, 2.45) is 0 Å². The van der Waals surface area contributed by atoms with Gasteiger partial charge in [-0.3, -0.25) is 4.79 Å². The van der Waals surface area contributed by atoms with Gasteiger partial charge in [-0.2, -0.15) is 0 Å². The number of aryl methyl sites for hydroxylation is 1. The Labute approximate surface area is 98.6 Å². The molecule has 0 atom stereocenters. The van der Waals surface area contributed by atoms with Crippen LogP contribution < -0.4 is 5.32 Å². The van der Waals surface area contributed by atoms with E-state index in [0.29, 0.717) is 23.1 Å². The summed E-state index contributed by atoms with van der Waals surface area (Å²) >= 11 is 0. The molecule has 3 nitrogen and oxygen atoms in total. The van der Waals surface area contributed by atoms with Gasteiger partial charge in [0.2, 0.25) is 0 Å². The largest absolute Gasteiger partial charge is 0.451 e. The Morgan fingerprint density at radius 2 is 2.24 bits per heavy atom. The SMILES string of the molecule is CCCNC(=O)c1oc2ccc(F)cc2c1C. The number of hydrogen-bond donors (Lipinski definition) is 1. The fourth-order valence-corrected chi connectivity index (χ4v) is 1.73. The number of hydrogen-bond acceptors (Lipinski definition) is 2. The summed E-state index contributed by atoms with van der Waals surface area (Å²) in [5, 5.41) is 3.38. The smallest absolute Gasteiger partial charge is 0.287 e. The third-order valence-corrected chi connectivity index (χ3v) is 2.64. The van der Waals surface area contributed by atoms with Crippen molar-refractivity contribution in [2.45, 2.75) is 20.3 Å². The number of amides is 1. The Morgan fingerprint density at radius 3 is 2.94 bits per heavy atom. The van der Waals surface area contributed by atoms with E-state index in [0.717, 1.165) is 6.42 Å². The van der Waals surface area contributed by atoms with Gasteiger partial charge in [-0.15, -0.1) is 0 Å². The summed E-state index contributed by atoms with van der Waals surface area (Å²) in [5.74, 6) is -0.318. The van der Waals surface area contributed by atoms with Crippen LogP contribution in [0.25, 0.3) is 11.0 Å². The zero-order chi connectivity index (χ0) is 12.4.